The SMILES string of the molecule is CC(C)CS(=O)(=O)NCC(O)c1ccc(C(F)(F)F)cc1. The van der Waals surface area contributed by atoms with Crippen LogP contribution >= 0.6 is 0 Å². The van der Waals surface area contributed by atoms with Crippen LogP contribution < -0.4 is 4.72 Å². The van der Waals surface area contributed by atoms with Gasteiger partial charge in [0, 0.05) is 6.54 Å². The minimum Gasteiger partial charge on any atom is -0.387 e. The van der Waals surface area contributed by atoms with Crippen molar-refractivity contribution in [3.63, 3.8) is 0 Å². The lowest BCUT2D eigenvalue weighted by molar-refractivity contribution is -0.137. The van der Waals surface area contributed by atoms with E-state index in [1.165, 1.54) is 0 Å². The molecule has 0 aliphatic heterocycles. The first-order chi connectivity index (χ1) is 9.51. The number of nitrogens with one attached hydrogen (secondary N) is 1. The van der Waals surface area contributed by atoms with E-state index in [2.05, 4.69) is 4.72 Å². The Bertz CT molecular complexity index is 553. The lowest BCUT2D eigenvalue weighted by atomic mass is 10.1. The maximum Gasteiger partial charge on any atom is 0.416 e. The van der Waals surface area contributed by atoms with Crippen LogP contribution in [0.2, 0.25) is 0 Å². The van der Waals surface area contributed by atoms with Crippen LogP contribution in [0.4, 0.5) is 13.2 Å². The fraction of sp³-hybridized carbons (Fsp3) is 0.538. The molecular formula is C13H18F3NO3S. The first kappa shape index (κ1) is 17.9. The van der Waals surface area contributed by atoms with Crippen molar-refractivity contribution >= 4 is 10.0 Å². The molecule has 0 bridgehead atoms. The van der Waals surface area contributed by atoms with Crippen molar-refractivity contribution < 1.29 is 26.7 Å². The second-order valence-electron chi connectivity index (χ2n) is 5.16. The Labute approximate surface area is 122 Å². The van der Waals surface area contributed by atoms with E-state index in [0.717, 1.165) is 24.3 Å². The summed E-state index contributed by atoms with van der Waals surface area (Å²) in [6.07, 6.45) is -5.64. The number of sulfonamides is 1. The van der Waals surface area contributed by atoms with Crippen molar-refractivity contribution in [2.75, 3.05) is 12.3 Å². The molecule has 4 nitrogen and oxygen atoms in total. The third-order valence-corrected chi connectivity index (χ3v) is 4.38. The summed E-state index contributed by atoms with van der Waals surface area (Å²) in [6.45, 7) is 3.21. The second kappa shape index (κ2) is 6.76. The minimum atomic E-state index is -4.44. The zero-order chi connectivity index (χ0) is 16.3. The normalized spacial score (nSPS) is 14.4. The monoisotopic (exact) mass is 325 g/mol. The summed E-state index contributed by atoms with van der Waals surface area (Å²) in [5.41, 5.74) is -0.603. The van der Waals surface area contributed by atoms with Gasteiger partial charge in [-0.15, -0.1) is 0 Å². The minimum absolute atomic E-state index is 0.0642. The number of aliphatic hydroxyl groups is 1. The molecule has 0 radical (unpaired) electrons. The van der Waals surface area contributed by atoms with Crippen molar-refractivity contribution in [3.8, 4) is 0 Å². The van der Waals surface area contributed by atoms with E-state index in [1.807, 2.05) is 0 Å². The van der Waals surface area contributed by atoms with Gasteiger partial charge in [-0.25, -0.2) is 13.1 Å². The van der Waals surface area contributed by atoms with Crippen LogP contribution in [0.3, 0.4) is 0 Å². The summed E-state index contributed by atoms with van der Waals surface area (Å²) in [5, 5.41) is 9.80. The fourth-order valence-electron chi connectivity index (χ4n) is 1.72. The summed E-state index contributed by atoms with van der Waals surface area (Å²) in [7, 11) is -3.51. The van der Waals surface area contributed by atoms with Gasteiger partial charge in [0.1, 0.15) is 0 Å². The summed E-state index contributed by atoms with van der Waals surface area (Å²) < 4.78 is 62.6. The van der Waals surface area contributed by atoms with E-state index in [1.54, 1.807) is 13.8 Å². The average molecular weight is 325 g/mol. The molecular weight excluding hydrogens is 307 g/mol. The lowest BCUT2D eigenvalue weighted by Gasteiger charge is -2.14. The number of halogens is 3. The van der Waals surface area contributed by atoms with Crippen molar-refractivity contribution in [2.45, 2.75) is 26.1 Å². The zero-order valence-corrected chi connectivity index (χ0v) is 12.5. The summed E-state index contributed by atoms with van der Waals surface area (Å²) in [6, 6.07) is 3.96. The maximum absolute atomic E-state index is 12.4. The predicted octanol–water partition coefficient (Wildman–Crippen LogP) is 2.31. The Balaban J connectivity index is 2.66. The lowest BCUT2D eigenvalue weighted by Crippen LogP contribution is -2.32. The van der Waals surface area contributed by atoms with Crippen LogP contribution in [0.15, 0.2) is 24.3 Å². The highest BCUT2D eigenvalue weighted by Crippen LogP contribution is 2.29. The van der Waals surface area contributed by atoms with E-state index >= 15 is 0 Å². The van der Waals surface area contributed by atoms with Gasteiger partial charge >= 0.3 is 6.18 Å². The van der Waals surface area contributed by atoms with Gasteiger partial charge in [0.15, 0.2) is 0 Å². The summed E-state index contributed by atoms with van der Waals surface area (Å²) >= 11 is 0. The van der Waals surface area contributed by atoms with Crippen molar-refractivity contribution in [1.82, 2.24) is 4.72 Å². The fourth-order valence-corrected chi connectivity index (χ4v) is 3.12. The van der Waals surface area contributed by atoms with Crippen LogP contribution in [0.1, 0.15) is 31.1 Å². The summed E-state index contributed by atoms with van der Waals surface area (Å²) in [4.78, 5) is 0. The molecule has 0 spiro atoms. The van der Waals surface area contributed by atoms with Crippen LogP contribution in [0.5, 0.6) is 0 Å². The topological polar surface area (TPSA) is 66.4 Å². The molecule has 120 valence electrons. The third-order valence-electron chi connectivity index (χ3n) is 2.67. The largest absolute Gasteiger partial charge is 0.416 e. The molecule has 1 aromatic carbocycles. The number of hydrogen-bond donors (Lipinski definition) is 2. The first-order valence-corrected chi connectivity index (χ1v) is 7.99. The molecule has 0 aliphatic rings. The zero-order valence-electron chi connectivity index (χ0n) is 11.7. The third kappa shape index (κ3) is 6.03. The highest BCUT2D eigenvalue weighted by Gasteiger charge is 2.30. The number of alkyl halides is 3. The van der Waals surface area contributed by atoms with Crippen LogP contribution in [0, 0.1) is 5.92 Å². The van der Waals surface area contributed by atoms with Gasteiger partial charge in [-0.05, 0) is 23.6 Å². The molecule has 0 saturated carbocycles. The molecule has 1 rings (SSSR count). The number of hydrogen-bond acceptors (Lipinski definition) is 3. The van der Waals surface area contributed by atoms with E-state index in [9.17, 15) is 26.7 Å². The van der Waals surface area contributed by atoms with E-state index < -0.39 is 27.9 Å². The first-order valence-electron chi connectivity index (χ1n) is 6.34. The van der Waals surface area contributed by atoms with Crippen molar-refractivity contribution in [3.05, 3.63) is 35.4 Å². The molecule has 2 N–H and O–H groups in total. The summed E-state index contributed by atoms with van der Waals surface area (Å²) in [5.74, 6) is -0.141. The van der Waals surface area contributed by atoms with Gasteiger partial charge in [0.25, 0.3) is 0 Å². The highest BCUT2D eigenvalue weighted by molar-refractivity contribution is 7.89. The number of aliphatic hydroxyl groups excluding tert-OH is 1. The molecule has 1 aromatic rings. The molecule has 0 aromatic heterocycles. The number of rotatable bonds is 6. The molecule has 1 atom stereocenters. The maximum atomic E-state index is 12.4. The molecule has 8 heteroatoms. The Hall–Kier alpha value is -1.12. The van der Waals surface area contributed by atoms with Gasteiger partial charge < -0.3 is 5.11 Å². The van der Waals surface area contributed by atoms with Crippen molar-refractivity contribution in [1.29, 1.82) is 0 Å². The molecule has 1 unspecified atom stereocenters. The average Bonchev–Trinajstić information content (AvgIpc) is 2.33. The van der Waals surface area contributed by atoms with Gasteiger partial charge in [0.2, 0.25) is 10.0 Å². The van der Waals surface area contributed by atoms with Crippen LogP contribution in [0.25, 0.3) is 0 Å². The molecule has 21 heavy (non-hydrogen) atoms. The Kier molecular flexibility index (Phi) is 5.77. The molecule has 0 amide bonds. The molecule has 0 fully saturated rings. The Morgan fingerprint density at radius 3 is 2.14 bits per heavy atom. The molecule has 0 aliphatic carbocycles. The van der Waals surface area contributed by atoms with E-state index in [0.29, 0.717) is 0 Å². The predicted molar refractivity (Wildman–Crippen MR) is 73.0 cm³/mol. The Morgan fingerprint density at radius 1 is 1.19 bits per heavy atom. The van der Waals surface area contributed by atoms with Gasteiger partial charge in [-0.2, -0.15) is 13.2 Å². The highest BCUT2D eigenvalue weighted by atomic mass is 32.2. The molecule has 0 heterocycles. The van der Waals surface area contributed by atoms with Gasteiger partial charge in [0.05, 0.1) is 17.4 Å². The molecule has 0 saturated heterocycles. The van der Waals surface area contributed by atoms with Crippen LogP contribution in [-0.4, -0.2) is 25.8 Å². The Morgan fingerprint density at radius 2 is 1.71 bits per heavy atom. The van der Waals surface area contributed by atoms with E-state index in [4.69, 9.17) is 0 Å². The second-order valence-corrected chi connectivity index (χ2v) is 7.01. The number of benzene rings is 1. The van der Waals surface area contributed by atoms with Gasteiger partial charge in [-0.1, -0.05) is 26.0 Å². The van der Waals surface area contributed by atoms with E-state index in [-0.39, 0.29) is 23.8 Å². The van der Waals surface area contributed by atoms with Crippen LogP contribution in [-0.2, 0) is 16.2 Å². The quantitative estimate of drug-likeness (QED) is 0.843. The smallest absolute Gasteiger partial charge is 0.387 e. The van der Waals surface area contributed by atoms with Crippen molar-refractivity contribution in [2.24, 2.45) is 5.92 Å². The standard InChI is InChI=1S/C13H18F3NO3S/c1-9(2)8-21(19,20)17-7-12(18)10-3-5-11(6-4-10)13(14,15)16/h3-6,9,12,17-18H,7-8H2,1-2H3. The van der Waals surface area contributed by atoms with Gasteiger partial charge in [-0.3, -0.25) is 0 Å².